The molecule has 0 aromatic heterocycles. The average Bonchev–Trinajstić information content (AvgIpc) is 2.37. The van der Waals surface area contributed by atoms with Crippen molar-refractivity contribution in [3.8, 4) is 0 Å². The van der Waals surface area contributed by atoms with E-state index in [-0.39, 0.29) is 17.9 Å². The van der Waals surface area contributed by atoms with E-state index in [1.165, 1.54) is 5.56 Å². The molecule has 2 N–H and O–H groups in total. The summed E-state index contributed by atoms with van der Waals surface area (Å²) in [4.78, 5) is 13.7. The molecule has 0 radical (unpaired) electrons. The summed E-state index contributed by atoms with van der Waals surface area (Å²) in [6.07, 6.45) is 0.533. The number of nitrogens with zero attached hydrogens (tertiary/aromatic N) is 1. The monoisotopic (exact) mass is 234 g/mol. The fourth-order valence-electron chi connectivity index (χ4n) is 1.71. The van der Waals surface area contributed by atoms with Crippen LogP contribution in [0.3, 0.4) is 0 Å². The molecule has 0 aliphatic carbocycles. The van der Waals surface area contributed by atoms with Gasteiger partial charge in [-0.1, -0.05) is 37.3 Å². The molecule has 1 aromatic rings. The largest absolute Gasteiger partial charge is 0.342 e. The quantitative estimate of drug-likeness (QED) is 0.847. The normalized spacial score (nSPS) is 14.1. The molecule has 0 aliphatic rings. The van der Waals surface area contributed by atoms with Gasteiger partial charge in [-0.25, -0.2) is 0 Å². The Hall–Kier alpha value is -1.35. The number of rotatable bonds is 5. The van der Waals surface area contributed by atoms with Crippen molar-refractivity contribution in [2.24, 2.45) is 5.73 Å². The molecule has 0 saturated carbocycles. The molecule has 17 heavy (non-hydrogen) atoms. The van der Waals surface area contributed by atoms with Gasteiger partial charge < -0.3 is 10.6 Å². The van der Waals surface area contributed by atoms with E-state index >= 15 is 0 Å². The van der Waals surface area contributed by atoms with Crippen LogP contribution in [0.4, 0.5) is 0 Å². The molecular weight excluding hydrogens is 212 g/mol. The third-order valence-corrected chi connectivity index (χ3v) is 3.25. The van der Waals surface area contributed by atoms with Crippen molar-refractivity contribution in [2.75, 3.05) is 13.6 Å². The molecule has 3 nitrogen and oxygen atoms in total. The van der Waals surface area contributed by atoms with Gasteiger partial charge in [-0.2, -0.15) is 0 Å². The van der Waals surface area contributed by atoms with E-state index in [9.17, 15) is 4.79 Å². The van der Waals surface area contributed by atoms with E-state index in [0.717, 1.165) is 0 Å². The molecule has 0 fully saturated rings. The summed E-state index contributed by atoms with van der Waals surface area (Å²) >= 11 is 0. The lowest BCUT2D eigenvalue weighted by Crippen LogP contribution is -2.40. The second kappa shape index (κ2) is 6.40. The molecule has 3 heteroatoms. The summed E-state index contributed by atoms with van der Waals surface area (Å²) in [5.41, 5.74) is 6.76. The summed E-state index contributed by atoms with van der Waals surface area (Å²) < 4.78 is 0. The fraction of sp³-hybridized carbons (Fsp3) is 0.500. The highest BCUT2D eigenvalue weighted by Crippen LogP contribution is 2.19. The van der Waals surface area contributed by atoms with Crippen molar-refractivity contribution in [1.29, 1.82) is 0 Å². The maximum absolute atomic E-state index is 12.0. The number of benzene rings is 1. The second-order valence-electron chi connectivity index (χ2n) is 4.61. The van der Waals surface area contributed by atoms with E-state index in [1.54, 1.807) is 4.90 Å². The molecular formula is C14H22N2O. The Morgan fingerprint density at radius 1 is 1.29 bits per heavy atom. The van der Waals surface area contributed by atoms with Crippen molar-refractivity contribution in [3.63, 3.8) is 0 Å². The zero-order valence-corrected chi connectivity index (χ0v) is 10.9. The van der Waals surface area contributed by atoms with Crippen LogP contribution in [0.1, 0.15) is 31.7 Å². The lowest BCUT2D eigenvalue weighted by molar-refractivity contribution is -0.131. The van der Waals surface area contributed by atoms with Crippen LogP contribution in [-0.4, -0.2) is 30.4 Å². The molecule has 0 aliphatic heterocycles. The summed E-state index contributed by atoms with van der Waals surface area (Å²) in [6, 6.07) is 10.2. The molecule has 2 unspecified atom stereocenters. The average molecular weight is 234 g/mol. The fourth-order valence-corrected chi connectivity index (χ4v) is 1.71. The highest BCUT2D eigenvalue weighted by molar-refractivity contribution is 5.77. The van der Waals surface area contributed by atoms with Gasteiger partial charge >= 0.3 is 0 Å². The van der Waals surface area contributed by atoms with Gasteiger partial charge in [-0.15, -0.1) is 0 Å². The van der Waals surface area contributed by atoms with Gasteiger partial charge in [0.2, 0.25) is 5.91 Å². The van der Waals surface area contributed by atoms with Crippen LogP contribution in [0.25, 0.3) is 0 Å². The first kappa shape index (κ1) is 13.7. The van der Waals surface area contributed by atoms with Crippen molar-refractivity contribution in [3.05, 3.63) is 35.9 Å². The maximum Gasteiger partial charge on any atom is 0.223 e. The summed E-state index contributed by atoms with van der Waals surface area (Å²) in [5, 5.41) is 0. The molecule has 0 heterocycles. The van der Waals surface area contributed by atoms with Crippen LogP contribution in [0.2, 0.25) is 0 Å². The lowest BCUT2D eigenvalue weighted by Gasteiger charge is -2.25. The molecule has 0 bridgehead atoms. The molecule has 0 saturated heterocycles. The van der Waals surface area contributed by atoms with Gasteiger partial charge in [0.25, 0.3) is 0 Å². The molecule has 2 atom stereocenters. The van der Waals surface area contributed by atoms with Crippen molar-refractivity contribution >= 4 is 5.91 Å². The zero-order valence-electron chi connectivity index (χ0n) is 10.9. The third-order valence-electron chi connectivity index (χ3n) is 3.25. The van der Waals surface area contributed by atoms with E-state index in [2.05, 4.69) is 19.1 Å². The van der Waals surface area contributed by atoms with Crippen molar-refractivity contribution < 1.29 is 4.79 Å². The van der Waals surface area contributed by atoms with Gasteiger partial charge in [-0.05, 0) is 18.4 Å². The van der Waals surface area contributed by atoms with Crippen LogP contribution < -0.4 is 5.73 Å². The Kier molecular flexibility index (Phi) is 5.16. The Bertz CT molecular complexity index is 350. The molecule has 0 spiro atoms. The second-order valence-corrected chi connectivity index (χ2v) is 4.61. The Balaban J connectivity index is 2.57. The molecule has 1 amide bonds. The predicted molar refractivity (Wildman–Crippen MR) is 70.8 cm³/mol. The van der Waals surface area contributed by atoms with Crippen LogP contribution in [0, 0.1) is 0 Å². The van der Waals surface area contributed by atoms with Crippen LogP contribution in [0.15, 0.2) is 30.3 Å². The zero-order chi connectivity index (χ0) is 12.8. The van der Waals surface area contributed by atoms with Crippen LogP contribution in [0.5, 0.6) is 0 Å². The highest BCUT2D eigenvalue weighted by atomic mass is 16.2. The van der Waals surface area contributed by atoms with Crippen molar-refractivity contribution in [1.82, 2.24) is 4.90 Å². The predicted octanol–water partition coefficient (Wildman–Crippen LogP) is 1.99. The molecule has 94 valence electrons. The summed E-state index contributed by atoms with van der Waals surface area (Å²) in [5.74, 6) is 0.399. The minimum absolute atomic E-state index is 0.102. The number of hydrogen-bond acceptors (Lipinski definition) is 2. The first-order chi connectivity index (χ1) is 8.06. The van der Waals surface area contributed by atoms with E-state index in [4.69, 9.17) is 5.73 Å². The van der Waals surface area contributed by atoms with Crippen LogP contribution >= 0.6 is 0 Å². The smallest absolute Gasteiger partial charge is 0.223 e. The molecule has 1 rings (SSSR count). The van der Waals surface area contributed by atoms with E-state index < -0.39 is 0 Å². The lowest BCUT2D eigenvalue weighted by atomic mass is 9.97. The van der Waals surface area contributed by atoms with Gasteiger partial charge in [0.15, 0.2) is 0 Å². The number of hydrogen-bond donors (Lipinski definition) is 1. The van der Waals surface area contributed by atoms with E-state index in [0.29, 0.717) is 13.0 Å². The van der Waals surface area contributed by atoms with Gasteiger partial charge in [0, 0.05) is 26.1 Å². The van der Waals surface area contributed by atoms with E-state index in [1.807, 2.05) is 32.2 Å². The SMILES string of the molecule is CC(CC(=O)N(C)C(C)CN)c1ccccc1. The standard InChI is InChI=1S/C14H22N2O/c1-11(13-7-5-4-6-8-13)9-14(17)16(3)12(2)10-15/h4-8,11-12H,9-10,15H2,1-3H3. The number of amides is 1. The minimum atomic E-state index is 0.102. The number of carbonyl (C=O) groups is 1. The number of nitrogens with two attached hydrogens (primary N) is 1. The first-order valence-electron chi connectivity index (χ1n) is 6.07. The van der Waals surface area contributed by atoms with Crippen molar-refractivity contribution in [2.45, 2.75) is 32.2 Å². The first-order valence-corrected chi connectivity index (χ1v) is 6.07. The Morgan fingerprint density at radius 2 is 1.88 bits per heavy atom. The van der Waals surface area contributed by atoms with Gasteiger partial charge in [0.05, 0.1) is 0 Å². The maximum atomic E-state index is 12.0. The Morgan fingerprint density at radius 3 is 2.41 bits per heavy atom. The van der Waals surface area contributed by atoms with Gasteiger partial charge in [-0.3, -0.25) is 4.79 Å². The summed E-state index contributed by atoms with van der Waals surface area (Å²) in [7, 11) is 1.82. The minimum Gasteiger partial charge on any atom is -0.342 e. The van der Waals surface area contributed by atoms with Gasteiger partial charge in [0.1, 0.15) is 0 Å². The topological polar surface area (TPSA) is 46.3 Å². The number of likely N-dealkylation sites (N-methyl/N-ethyl adjacent to an activating group) is 1. The molecule has 1 aromatic carbocycles. The summed E-state index contributed by atoms with van der Waals surface area (Å²) in [6.45, 7) is 4.54. The Labute approximate surface area is 104 Å². The highest BCUT2D eigenvalue weighted by Gasteiger charge is 2.17. The number of carbonyl (C=O) groups excluding carboxylic acids is 1. The third kappa shape index (κ3) is 3.86. The van der Waals surface area contributed by atoms with Crippen LogP contribution in [-0.2, 0) is 4.79 Å².